The summed E-state index contributed by atoms with van der Waals surface area (Å²) in [4.78, 5) is 4.25. The van der Waals surface area contributed by atoms with Crippen LogP contribution >= 0.6 is 0 Å². The van der Waals surface area contributed by atoms with Gasteiger partial charge < -0.3 is 10.4 Å². The number of hydrogen-bond acceptors (Lipinski definition) is 4. The van der Waals surface area contributed by atoms with Gasteiger partial charge in [-0.25, -0.2) is 4.68 Å². The fourth-order valence-corrected chi connectivity index (χ4v) is 2.31. The Kier molecular flexibility index (Phi) is 2.76. The second-order valence-corrected chi connectivity index (χ2v) is 4.60. The van der Waals surface area contributed by atoms with E-state index < -0.39 is 0 Å². The number of fused-ring (bicyclic) bond motifs is 1. The molecule has 3 rings (SSSR count). The third kappa shape index (κ3) is 1.86. The summed E-state index contributed by atoms with van der Waals surface area (Å²) in [6.07, 6.45) is 0.976. The lowest BCUT2D eigenvalue weighted by molar-refractivity contribution is 0.270. The Labute approximate surface area is 105 Å². The van der Waals surface area contributed by atoms with Gasteiger partial charge in [0.1, 0.15) is 6.61 Å². The van der Waals surface area contributed by atoms with Gasteiger partial charge in [-0.3, -0.25) is 0 Å². The summed E-state index contributed by atoms with van der Waals surface area (Å²) in [6.45, 7) is 2.83. The monoisotopic (exact) mass is 244 g/mol. The summed E-state index contributed by atoms with van der Waals surface area (Å²) >= 11 is 0. The van der Waals surface area contributed by atoms with Crippen molar-refractivity contribution in [1.29, 1.82) is 0 Å². The predicted molar refractivity (Wildman–Crippen MR) is 68.4 cm³/mol. The van der Waals surface area contributed by atoms with Crippen LogP contribution in [0, 0.1) is 6.92 Å². The number of aryl methyl sites for hydroxylation is 1. The van der Waals surface area contributed by atoms with Crippen molar-refractivity contribution in [3.8, 4) is 0 Å². The van der Waals surface area contributed by atoms with Crippen LogP contribution in [0.4, 0.5) is 5.95 Å². The molecule has 0 radical (unpaired) electrons. The van der Waals surface area contributed by atoms with Gasteiger partial charge in [-0.15, -0.1) is 0 Å². The van der Waals surface area contributed by atoms with Gasteiger partial charge in [-0.1, -0.05) is 29.8 Å². The fourth-order valence-electron chi connectivity index (χ4n) is 2.31. The van der Waals surface area contributed by atoms with Crippen molar-refractivity contribution in [1.82, 2.24) is 14.8 Å². The van der Waals surface area contributed by atoms with E-state index in [1.807, 2.05) is 4.68 Å². The first-order valence-corrected chi connectivity index (χ1v) is 6.14. The molecule has 0 bridgehead atoms. The van der Waals surface area contributed by atoms with Crippen LogP contribution < -0.4 is 5.32 Å². The number of anilines is 1. The molecule has 0 spiro atoms. The highest BCUT2D eigenvalue weighted by Crippen LogP contribution is 2.28. The Hall–Kier alpha value is -1.88. The van der Waals surface area contributed by atoms with Gasteiger partial charge in [0.15, 0.2) is 5.82 Å². The fraction of sp³-hybridized carbons (Fsp3) is 0.385. The van der Waals surface area contributed by atoms with Crippen LogP contribution in [0.1, 0.15) is 29.4 Å². The molecular weight excluding hydrogens is 228 g/mol. The second-order valence-electron chi connectivity index (χ2n) is 4.60. The van der Waals surface area contributed by atoms with Crippen molar-refractivity contribution in [3.63, 3.8) is 0 Å². The molecule has 94 valence electrons. The summed E-state index contributed by atoms with van der Waals surface area (Å²) in [5.74, 6) is 1.22. The number of nitrogens with one attached hydrogen (secondary N) is 1. The lowest BCUT2D eigenvalue weighted by atomic mass is 10.0. The van der Waals surface area contributed by atoms with Crippen molar-refractivity contribution < 1.29 is 5.11 Å². The summed E-state index contributed by atoms with van der Waals surface area (Å²) < 4.78 is 1.87. The third-order valence-corrected chi connectivity index (χ3v) is 3.27. The maximum atomic E-state index is 9.11. The SMILES string of the molecule is Cc1ccc(C2CCNc3nc(CO)nn32)cc1. The van der Waals surface area contributed by atoms with E-state index in [1.54, 1.807) is 0 Å². The zero-order valence-corrected chi connectivity index (χ0v) is 10.3. The third-order valence-electron chi connectivity index (χ3n) is 3.27. The zero-order valence-electron chi connectivity index (χ0n) is 10.3. The van der Waals surface area contributed by atoms with Crippen molar-refractivity contribution >= 4 is 5.95 Å². The van der Waals surface area contributed by atoms with Gasteiger partial charge in [0.25, 0.3) is 0 Å². The lowest BCUT2D eigenvalue weighted by Gasteiger charge is -2.24. The molecule has 5 heteroatoms. The van der Waals surface area contributed by atoms with Crippen molar-refractivity contribution in [3.05, 3.63) is 41.2 Å². The molecule has 5 nitrogen and oxygen atoms in total. The predicted octanol–water partition coefficient (Wildman–Crippen LogP) is 1.48. The first-order chi connectivity index (χ1) is 8.78. The van der Waals surface area contributed by atoms with Crippen molar-refractivity contribution in [2.24, 2.45) is 0 Å². The highest BCUT2D eigenvalue weighted by atomic mass is 16.3. The first kappa shape index (κ1) is 11.2. The lowest BCUT2D eigenvalue weighted by Crippen LogP contribution is -2.24. The molecule has 2 heterocycles. The molecule has 1 aliphatic heterocycles. The van der Waals surface area contributed by atoms with Crippen LogP contribution in [0.5, 0.6) is 0 Å². The molecule has 1 aromatic heterocycles. The van der Waals surface area contributed by atoms with Crippen molar-refractivity contribution in [2.75, 3.05) is 11.9 Å². The summed E-state index contributed by atoms with van der Waals surface area (Å²) in [7, 11) is 0. The van der Waals surface area contributed by atoms with Gasteiger partial charge in [0, 0.05) is 6.54 Å². The Bertz CT molecular complexity index is 547. The molecule has 0 fully saturated rings. The zero-order chi connectivity index (χ0) is 12.5. The number of hydrogen-bond donors (Lipinski definition) is 2. The first-order valence-electron chi connectivity index (χ1n) is 6.14. The van der Waals surface area contributed by atoms with Gasteiger partial charge >= 0.3 is 0 Å². The van der Waals surface area contributed by atoms with Crippen LogP contribution in [0.25, 0.3) is 0 Å². The van der Waals surface area contributed by atoms with Gasteiger partial charge in [0.05, 0.1) is 6.04 Å². The van der Waals surface area contributed by atoms with Gasteiger partial charge in [-0.05, 0) is 18.9 Å². The Morgan fingerprint density at radius 2 is 2.17 bits per heavy atom. The minimum absolute atomic E-state index is 0.123. The molecule has 0 saturated heterocycles. The number of rotatable bonds is 2. The highest BCUT2D eigenvalue weighted by molar-refractivity contribution is 5.33. The van der Waals surface area contributed by atoms with Crippen molar-refractivity contribution in [2.45, 2.75) is 26.0 Å². The maximum Gasteiger partial charge on any atom is 0.222 e. The Balaban J connectivity index is 2.00. The number of nitrogens with zero attached hydrogens (tertiary/aromatic N) is 3. The van der Waals surface area contributed by atoms with Crippen LogP contribution in [0.2, 0.25) is 0 Å². The van der Waals surface area contributed by atoms with Crippen LogP contribution in [0.15, 0.2) is 24.3 Å². The quantitative estimate of drug-likeness (QED) is 0.840. The maximum absolute atomic E-state index is 9.11. The van der Waals surface area contributed by atoms with Gasteiger partial charge in [0.2, 0.25) is 5.95 Å². The average Bonchev–Trinajstić information content (AvgIpc) is 2.82. The Morgan fingerprint density at radius 1 is 1.39 bits per heavy atom. The van der Waals surface area contributed by atoms with E-state index in [0.717, 1.165) is 18.9 Å². The molecule has 0 amide bonds. The molecular formula is C13H16N4O. The molecule has 1 unspecified atom stereocenters. The highest BCUT2D eigenvalue weighted by Gasteiger charge is 2.23. The molecule has 2 aromatic rings. The van der Waals surface area contributed by atoms with E-state index in [9.17, 15) is 0 Å². The van der Waals surface area contributed by atoms with Gasteiger partial charge in [-0.2, -0.15) is 10.1 Å². The van der Waals surface area contributed by atoms with E-state index in [-0.39, 0.29) is 12.6 Å². The summed E-state index contributed by atoms with van der Waals surface area (Å²) in [6, 6.07) is 8.70. The molecule has 2 N–H and O–H groups in total. The summed E-state index contributed by atoms with van der Waals surface area (Å²) in [5, 5.41) is 16.7. The topological polar surface area (TPSA) is 63.0 Å². The van der Waals surface area contributed by atoms with Crippen LogP contribution in [-0.4, -0.2) is 26.4 Å². The van der Waals surface area contributed by atoms with Crippen LogP contribution in [0.3, 0.4) is 0 Å². The van der Waals surface area contributed by atoms with E-state index in [0.29, 0.717) is 5.82 Å². The van der Waals surface area contributed by atoms with E-state index in [1.165, 1.54) is 11.1 Å². The Morgan fingerprint density at radius 3 is 2.89 bits per heavy atom. The smallest absolute Gasteiger partial charge is 0.222 e. The van der Waals surface area contributed by atoms with E-state index in [4.69, 9.17) is 5.11 Å². The minimum atomic E-state index is -0.123. The summed E-state index contributed by atoms with van der Waals surface area (Å²) in [5.41, 5.74) is 2.49. The van der Waals surface area contributed by atoms with Crippen LogP contribution in [-0.2, 0) is 6.61 Å². The number of aliphatic hydroxyl groups excluding tert-OH is 1. The van der Waals surface area contributed by atoms with E-state index in [2.05, 4.69) is 46.6 Å². The van der Waals surface area contributed by atoms with E-state index >= 15 is 0 Å². The average molecular weight is 244 g/mol. The number of benzene rings is 1. The molecule has 1 atom stereocenters. The normalized spacial score (nSPS) is 18.2. The second kappa shape index (κ2) is 4.42. The minimum Gasteiger partial charge on any atom is -0.388 e. The standard InChI is InChI=1S/C13H16N4O/c1-9-2-4-10(5-3-9)11-6-7-14-13-15-12(8-18)16-17(11)13/h2-5,11,18H,6-8H2,1H3,(H,14,15,16). The number of aliphatic hydroxyl groups is 1. The molecule has 0 aliphatic carbocycles. The largest absolute Gasteiger partial charge is 0.388 e. The number of aromatic nitrogens is 3. The molecule has 18 heavy (non-hydrogen) atoms. The molecule has 1 aliphatic rings. The molecule has 1 aromatic carbocycles. The molecule has 0 saturated carbocycles.